The van der Waals surface area contributed by atoms with Gasteiger partial charge in [0.05, 0.1) is 0 Å². The van der Waals surface area contributed by atoms with E-state index in [2.05, 4.69) is 25.8 Å². The number of rotatable bonds is 29. The summed E-state index contributed by atoms with van der Waals surface area (Å²) >= 11 is 1.12. The zero-order valence-corrected chi connectivity index (χ0v) is 30.5. The molecule has 1 unspecified atom stereocenters. The highest BCUT2D eigenvalue weighted by molar-refractivity contribution is 8.13. The molecule has 0 aliphatic heterocycles. The van der Waals surface area contributed by atoms with Crippen molar-refractivity contribution < 1.29 is 23.9 Å². The zero-order valence-electron chi connectivity index (χ0n) is 29.6. The second-order valence-corrected chi connectivity index (χ2v) is 13.4. The van der Waals surface area contributed by atoms with E-state index >= 15 is 0 Å². The zero-order chi connectivity index (χ0) is 33.7. The van der Waals surface area contributed by atoms with Gasteiger partial charge in [0.2, 0.25) is 0 Å². The third kappa shape index (κ3) is 22.3. The van der Waals surface area contributed by atoms with Crippen molar-refractivity contribution in [1.82, 2.24) is 14.5 Å². The third-order valence-electron chi connectivity index (χ3n) is 8.13. The Hall–Kier alpha value is -2.29. The molecular weight excluding hydrogens is 598 g/mol. The molecule has 8 nitrogen and oxygen atoms in total. The van der Waals surface area contributed by atoms with Crippen molar-refractivity contribution in [3.8, 4) is 0 Å². The number of esters is 2. The maximum atomic E-state index is 13.2. The molecule has 1 rings (SSSR count). The first kappa shape index (κ1) is 41.7. The molecule has 1 heterocycles. The van der Waals surface area contributed by atoms with E-state index in [1.807, 2.05) is 29.8 Å². The number of aromatic nitrogens is 2. The summed E-state index contributed by atoms with van der Waals surface area (Å²) < 4.78 is 13.4. The molecule has 1 aromatic heterocycles. The normalized spacial score (nSPS) is 12.0. The first-order valence-corrected chi connectivity index (χ1v) is 19.3. The van der Waals surface area contributed by atoms with E-state index in [-0.39, 0.29) is 31.0 Å². The molecule has 0 aromatic carbocycles. The Morgan fingerprint density at radius 1 is 0.804 bits per heavy atom. The van der Waals surface area contributed by atoms with E-state index in [4.69, 9.17) is 9.47 Å². The van der Waals surface area contributed by atoms with Crippen molar-refractivity contribution in [3.63, 3.8) is 0 Å². The number of imidazole rings is 1. The first-order chi connectivity index (χ1) is 22.4. The van der Waals surface area contributed by atoms with Crippen LogP contribution >= 0.6 is 11.8 Å². The summed E-state index contributed by atoms with van der Waals surface area (Å²) in [4.78, 5) is 44.7. The van der Waals surface area contributed by atoms with Gasteiger partial charge in [0.1, 0.15) is 31.6 Å². The van der Waals surface area contributed by atoms with Crippen molar-refractivity contribution in [2.24, 2.45) is 0 Å². The third-order valence-corrected chi connectivity index (χ3v) is 9.13. The summed E-state index contributed by atoms with van der Waals surface area (Å²) in [5.41, 5.74) is 0. The number of nitrogens with zero attached hydrogens (tertiary/aromatic N) is 3. The summed E-state index contributed by atoms with van der Waals surface area (Å²) in [5, 5.41) is -0.310. The Bertz CT molecular complexity index is 951. The molecule has 0 aliphatic carbocycles. The summed E-state index contributed by atoms with van der Waals surface area (Å²) in [7, 11) is 0. The fourth-order valence-corrected chi connectivity index (χ4v) is 6.06. The van der Waals surface area contributed by atoms with Crippen molar-refractivity contribution in [2.45, 2.75) is 162 Å². The number of amides is 1. The number of unbranched alkanes of at least 4 members (excludes halogenated alkanes) is 13. The van der Waals surface area contributed by atoms with Crippen LogP contribution < -0.4 is 0 Å². The lowest BCUT2D eigenvalue weighted by Crippen LogP contribution is -2.39. The number of hydrogen-bond donors (Lipinski definition) is 0. The lowest BCUT2D eigenvalue weighted by Gasteiger charge is -2.23. The Morgan fingerprint density at radius 2 is 1.39 bits per heavy atom. The number of thioether (sulfide) groups is 1. The van der Waals surface area contributed by atoms with Gasteiger partial charge in [-0.25, -0.2) is 4.98 Å². The molecule has 0 aliphatic rings. The summed E-state index contributed by atoms with van der Waals surface area (Å²) in [6.45, 7) is 8.95. The molecule has 0 N–H and O–H groups in total. The van der Waals surface area contributed by atoms with Crippen LogP contribution in [0.5, 0.6) is 0 Å². The molecule has 1 atom stereocenters. The standard InChI is InChI=1S/C37H65N3O5S/c1-5-8-11-14-16-19-22-29-44-35(41)31-40(37(43)46-30-23-27-39-28-26-38-33(39)4)32-36(42)45-34(24-20-17-13-10-7-3)25-21-18-15-12-9-6-2/h19,22,26,28,34H,5-18,20-21,23-25,27,29-32H2,1-4H3/b22-19-. The van der Waals surface area contributed by atoms with Crippen molar-refractivity contribution >= 4 is 28.9 Å². The lowest BCUT2D eigenvalue weighted by molar-refractivity contribution is -0.151. The van der Waals surface area contributed by atoms with Gasteiger partial charge < -0.3 is 18.9 Å². The summed E-state index contributed by atoms with van der Waals surface area (Å²) in [6, 6.07) is 0. The number of ether oxygens (including phenoxy) is 2. The fraction of sp³-hybridized carbons (Fsp3) is 0.784. The van der Waals surface area contributed by atoms with Crippen molar-refractivity contribution in [3.05, 3.63) is 30.4 Å². The van der Waals surface area contributed by atoms with E-state index in [0.29, 0.717) is 5.75 Å². The van der Waals surface area contributed by atoms with Crippen LogP contribution in [-0.2, 0) is 25.6 Å². The maximum absolute atomic E-state index is 13.2. The Morgan fingerprint density at radius 3 is 2.00 bits per heavy atom. The van der Waals surface area contributed by atoms with Crippen LogP contribution in [0.2, 0.25) is 0 Å². The minimum atomic E-state index is -0.522. The molecule has 46 heavy (non-hydrogen) atoms. The van der Waals surface area contributed by atoms with Crippen LogP contribution in [0.25, 0.3) is 0 Å². The van der Waals surface area contributed by atoms with Crippen LogP contribution in [0.1, 0.15) is 149 Å². The van der Waals surface area contributed by atoms with E-state index in [1.54, 1.807) is 6.20 Å². The highest BCUT2D eigenvalue weighted by atomic mass is 32.2. The number of carbonyl (C=O) groups excluding carboxylic acids is 3. The van der Waals surface area contributed by atoms with Crippen LogP contribution in [-0.4, -0.2) is 63.2 Å². The minimum Gasteiger partial charge on any atom is -0.461 e. The molecule has 0 saturated carbocycles. The molecule has 9 heteroatoms. The predicted molar refractivity (Wildman–Crippen MR) is 191 cm³/mol. The minimum absolute atomic E-state index is 0.155. The van der Waals surface area contributed by atoms with Crippen LogP contribution in [0.4, 0.5) is 4.79 Å². The van der Waals surface area contributed by atoms with Crippen LogP contribution in [0.3, 0.4) is 0 Å². The second-order valence-electron chi connectivity index (χ2n) is 12.4. The Labute approximate surface area is 284 Å². The van der Waals surface area contributed by atoms with Gasteiger partial charge in [0, 0.05) is 24.7 Å². The fourth-order valence-electron chi connectivity index (χ4n) is 5.30. The van der Waals surface area contributed by atoms with E-state index in [9.17, 15) is 14.4 Å². The van der Waals surface area contributed by atoms with Gasteiger partial charge >= 0.3 is 11.9 Å². The highest BCUT2D eigenvalue weighted by Crippen LogP contribution is 2.18. The SMILES string of the molecule is CCCCCC/C=C\COC(=O)CN(CC(=O)OC(CCCCCCC)CCCCCCCC)C(=O)SCCCn1ccnc1C. The monoisotopic (exact) mass is 663 g/mol. The summed E-state index contributed by atoms with van der Waals surface area (Å²) in [6.07, 6.45) is 28.5. The number of allylic oxidation sites excluding steroid dienone is 1. The number of carbonyl (C=O) groups is 3. The van der Waals surface area contributed by atoms with Gasteiger partial charge in [0.25, 0.3) is 5.24 Å². The highest BCUT2D eigenvalue weighted by Gasteiger charge is 2.24. The second kappa shape index (κ2) is 28.9. The molecule has 264 valence electrons. The average Bonchev–Trinajstić information content (AvgIpc) is 3.45. The summed E-state index contributed by atoms with van der Waals surface area (Å²) in [5.74, 6) is 0.522. The van der Waals surface area contributed by atoms with E-state index in [0.717, 1.165) is 81.9 Å². The van der Waals surface area contributed by atoms with Crippen molar-refractivity contribution in [1.29, 1.82) is 0 Å². The molecule has 1 amide bonds. The quantitative estimate of drug-likeness (QED) is 0.0479. The van der Waals surface area contributed by atoms with Gasteiger partial charge in [-0.2, -0.15) is 0 Å². The Balaban J connectivity index is 2.72. The lowest BCUT2D eigenvalue weighted by atomic mass is 10.0. The van der Waals surface area contributed by atoms with E-state index in [1.165, 1.54) is 69.1 Å². The molecule has 1 aromatic rings. The van der Waals surface area contributed by atoms with Crippen molar-refractivity contribution in [2.75, 3.05) is 25.4 Å². The van der Waals surface area contributed by atoms with Gasteiger partial charge in [-0.1, -0.05) is 122 Å². The molecule has 0 spiro atoms. The first-order valence-electron chi connectivity index (χ1n) is 18.3. The molecule has 0 saturated heterocycles. The molecule has 0 fully saturated rings. The number of aryl methyl sites for hydroxylation is 2. The smallest absolute Gasteiger partial charge is 0.326 e. The van der Waals surface area contributed by atoms with Crippen LogP contribution in [0.15, 0.2) is 24.5 Å². The maximum Gasteiger partial charge on any atom is 0.326 e. The largest absolute Gasteiger partial charge is 0.461 e. The van der Waals surface area contributed by atoms with E-state index < -0.39 is 11.9 Å². The van der Waals surface area contributed by atoms with Gasteiger partial charge in [-0.15, -0.1) is 0 Å². The van der Waals surface area contributed by atoms with Gasteiger partial charge in [0.15, 0.2) is 0 Å². The van der Waals surface area contributed by atoms with Crippen LogP contribution in [0, 0.1) is 6.92 Å². The van der Waals surface area contributed by atoms with Gasteiger partial charge in [-0.05, 0) is 51.9 Å². The predicted octanol–water partition coefficient (Wildman–Crippen LogP) is 9.83. The topological polar surface area (TPSA) is 90.7 Å². The molecular formula is C37H65N3O5S. The number of hydrogen-bond acceptors (Lipinski definition) is 7. The molecule has 0 bridgehead atoms. The average molecular weight is 664 g/mol. The Kier molecular flexibility index (Phi) is 26.2. The van der Waals surface area contributed by atoms with Gasteiger partial charge in [-0.3, -0.25) is 14.4 Å². The molecule has 0 radical (unpaired) electrons.